The lowest BCUT2D eigenvalue weighted by Crippen LogP contribution is -2.35. The third kappa shape index (κ3) is 3.56. The number of aromatic amines is 1. The van der Waals surface area contributed by atoms with E-state index in [1.807, 2.05) is 13.1 Å². The first kappa shape index (κ1) is 15.2. The first-order chi connectivity index (χ1) is 8.58. The van der Waals surface area contributed by atoms with Gasteiger partial charge in [0.15, 0.2) is 0 Å². The van der Waals surface area contributed by atoms with Gasteiger partial charge in [0.1, 0.15) is 0 Å². The lowest BCUT2D eigenvalue weighted by atomic mass is 9.79. The van der Waals surface area contributed by atoms with Crippen LogP contribution in [0.25, 0.3) is 0 Å². The van der Waals surface area contributed by atoms with Gasteiger partial charge in [-0.3, -0.25) is 5.10 Å². The molecule has 1 unspecified atom stereocenters. The highest BCUT2D eigenvalue weighted by molar-refractivity contribution is 5.18. The summed E-state index contributed by atoms with van der Waals surface area (Å²) in [6.45, 7) is 9.81. The van der Waals surface area contributed by atoms with Gasteiger partial charge in [-0.1, -0.05) is 13.8 Å². The molecular formula is C14H27N3O. The number of aromatic nitrogens is 2. The Bertz CT molecular complexity index is 345. The van der Waals surface area contributed by atoms with Crippen LogP contribution < -0.4 is 5.32 Å². The van der Waals surface area contributed by atoms with Crippen LogP contribution in [-0.2, 0) is 0 Å². The molecule has 0 bridgehead atoms. The zero-order chi connectivity index (χ0) is 13.6. The van der Waals surface area contributed by atoms with Crippen molar-refractivity contribution in [1.29, 1.82) is 0 Å². The fraction of sp³-hybridized carbons (Fsp3) is 0.786. The Hall–Kier alpha value is -0.870. The third-order valence-corrected chi connectivity index (χ3v) is 4.26. The molecule has 0 fully saturated rings. The molecule has 0 saturated carbocycles. The van der Waals surface area contributed by atoms with Crippen molar-refractivity contribution < 1.29 is 5.11 Å². The van der Waals surface area contributed by atoms with Gasteiger partial charge in [-0.05, 0) is 38.5 Å². The smallest absolute Gasteiger partial charge is 0.0537 e. The van der Waals surface area contributed by atoms with Crippen molar-refractivity contribution in [2.45, 2.75) is 53.0 Å². The van der Waals surface area contributed by atoms with Gasteiger partial charge < -0.3 is 10.4 Å². The molecule has 0 aliphatic rings. The quantitative estimate of drug-likeness (QED) is 0.667. The van der Waals surface area contributed by atoms with Crippen LogP contribution in [0.5, 0.6) is 0 Å². The van der Waals surface area contributed by atoms with Crippen LogP contribution in [0, 0.1) is 12.3 Å². The Morgan fingerprint density at radius 2 is 2.11 bits per heavy atom. The van der Waals surface area contributed by atoms with E-state index in [2.05, 4.69) is 36.3 Å². The number of aliphatic hydroxyl groups excluding tert-OH is 1. The predicted octanol–water partition coefficient (Wildman–Crippen LogP) is 2.56. The highest BCUT2D eigenvalue weighted by Crippen LogP contribution is 2.30. The summed E-state index contributed by atoms with van der Waals surface area (Å²) < 4.78 is 0. The first-order valence-electron chi connectivity index (χ1n) is 6.92. The second-order valence-electron chi connectivity index (χ2n) is 5.23. The Kier molecular flexibility index (Phi) is 5.82. The average Bonchev–Trinajstić information content (AvgIpc) is 2.80. The molecule has 1 rings (SSSR count). The SMILES string of the molecule is CCC(CC)(CCO)CNC(C)c1cn[nH]c1C. The van der Waals surface area contributed by atoms with Crippen molar-refractivity contribution in [1.82, 2.24) is 15.5 Å². The van der Waals surface area contributed by atoms with E-state index in [-0.39, 0.29) is 12.0 Å². The van der Waals surface area contributed by atoms with Crippen LogP contribution in [0.4, 0.5) is 0 Å². The van der Waals surface area contributed by atoms with Gasteiger partial charge in [0.25, 0.3) is 0 Å². The zero-order valence-corrected chi connectivity index (χ0v) is 12.1. The number of hydrogen-bond acceptors (Lipinski definition) is 3. The molecule has 1 atom stereocenters. The number of rotatable bonds is 8. The summed E-state index contributed by atoms with van der Waals surface area (Å²) in [4.78, 5) is 0. The maximum absolute atomic E-state index is 9.21. The van der Waals surface area contributed by atoms with E-state index in [0.29, 0.717) is 6.04 Å². The molecule has 4 nitrogen and oxygen atoms in total. The molecule has 0 aliphatic carbocycles. The molecule has 0 amide bonds. The third-order valence-electron chi connectivity index (χ3n) is 4.26. The maximum atomic E-state index is 9.21. The topological polar surface area (TPSA) is 60.9 Å². The minimum absolute atomic E-state index is 0.209. The minimum Gasteiger partial charge on any atom is -0.396 e. The largest absolute Gasteiger partial charge is 0.396 e. The van der Waals surface area contributed by atoms with E-state index >= 15 is 0 Å². The van der Waals surface area contributed by atoms with E-state index in [0.717, 1.165) is 31.5 Å². The first-order valence-corrected chi connectivity index (χ1v) is 6.92. The molecule has 1 heterocycles. The molecule has 0 saturated heterocycles. The van der Waals surface area contributed by atoms with Gasteiger partial charge in [0, 0.05) is 30.5 Å². The van der Waals surface area contributed by atoms with Gasteiger partial charge >= 0.3 is 0 Å². The van der Waals surface area contributed by atoms with Crippen molar-refractivity contribution in [3.05, 3.63) is 17.5 Å². The molecule has 0 aliphatic heterocycles. The van der Waals surface area contributed by atoms with Crippen LogP contribution in [0.3, 0.4) is 0 Å². The van der Waals surface area contributed by atoms with E-state index in [4.69, 9.17) is 0 Å². The predicted molar refractivity (Wildman–Crippen MR) is 74.5 cm³/mol. The Labute approximate surface area is 110 Å². The number of H-pyrrole nitrogens is 1. The van der Waals surface area contributed by atoms with Gasteiger partial charge in [0.05, 0.1) is 6.20 Å². The summed E-state index contributed by atoms with van der Waals surface area (Å²) in [6, 6.07) is 0.292. The molecule has 0 radical (unpaired) electrons. The van der Waals surface area contributed by atoms with Crippen LogP contribution in [-0.4, -0.2) is 28.5 Å². The van der Waals surface area contributed by atoms with Crippen molar-refractivity contribution in [2.24, 2.45) is 5.41 Å². The van der Waals surface area contributed by atoms with E-state index in [9.17, 15) is 5.11 Å². The highest BCUT2D eigenvalue weighted by atomic mass is 16.3. The highest BCUT2D eigenvalue weighted by Gasteiger charge is 2.26. The summed E-state index contributed by atoms with van der Waals surface area (Å²) >= 11 is 0. The van der Waals surface area contributed by atoms with E-state index in [1.54, 1.807) is 0 Å². The second kappa shape index (κ2) is 6.90. The van der Waals surface area contributed by atoms with Gasteiger partial charge in [-0.15, -0.1) is 0 Å². The standard InChI is InChI=1S/C14H27N3O/c1-5-14(6-2,7-8-18)10-15-11(3)13-9-16-17-12(13)4/h9,11,15,18H,5-8,10H2,1-4H3,(H,16,17). The van der Waals surface area contributed by atoms with E-state index in [1.165, 1.54) is 5.56 Å². The molecule has 4 heteroatoms. The van der Waals surface area contributed by atoms with Gasteiger partial charge in [-0.2, -0.15) is 5.10 Å². The monoisotopic (exact) mass is 253 g/mol. The summed E-state index contributed by atoms with van der Waals surface area (Å²) in [7, 11) is 0. The maximum Gasteiger partial charge on any atom is 0.0537 e. The molecule has 18 heavy (non-hydrogen) atoms. The number of hydrogen-bond donors (Lipinski definition) is 3. The number of nitrogens with zero attached hydrogens (tertiary/aromatic N) is 1. The number of nitrogens with one attached hydrogen (secondary N) is 2. The summed E-state index contributed by atoms with van der Waals surface area (Å²) in [5.41, 5.74) is 2.55. The molecule has 0 aromatic carbocycles. The second-order valence-corrected chi connectivity index (χ2v) is 5.23. The molecular weight excluding hydrogens is 226 g/mol. The Morgan fingerprint density at radius 3 is 2.56 bits per heavy atom. The molecule has 0 spiro atoms. The Balaban J connectivity index is 2.60. The fourth-order valence-corrected chi connectivity index (χ4v) is 2.46. The lowest BCUT2D eigenvalue weighted by molar-refractivity contribution is 0.160. The van der Waals surface area contributed by atoms with Crippen LogP contribution in [0.1, 0.15) is 57.3 Å². The summed E-state index contributed by atoms with van der Waals surface area (Å²) in [6.07, 6.45) is 4.94. The summed E-state index contributed by atoms with van der Waals surface area (Å²) in [5.74, 6) is 0. The lowest BCUT2D eigenvalue weighted by Gasteiger charge is -2.33. The number of aryl methyl sites for hydroxylation is 1. The van der Waals surface area contributed by atoms with Crippen molar-refractivity contribution in [3.63, 3.8) is 0 Å². The molecule has 1 aromatic heterocycles. The van der Waals surface area contributed by atoms with Gasteiger partial charge in [0.2, 0.25) is 0 Å². The zero-order valence-electron chi connectivity index (χ0n) is 12.1. The fourth-order valence-electron chi connectivity index (χ4n) is 2.46. The van der Waals surface area contributed by atoms with Crippen molar-refractivity contribution in [2.75, 3.05) is 13.2 Å². The molecule has 1 aromatic rings. The normalized spacial score (nSPS) is 13.8. The van der Waals surface area contributed by atoms with Crippen LogP contribution >= 0.6 is 0 Å². The van der Waals surface area contributed by atoms with Crippen LogP contribution in [0.2, 0.25) is 0 Å². The van der Waals surface area contributed by atoms with E-state index < -0.39 is 0 Å². The minimum atomic E-state index is 0.209. The van der Waals surface area contributed by atoms with Crippen LogP contribution in [0.15, 0.2) is 6.20 Å². The Morgan fingerprint density at radius 1 is 1.44 bits per heavy atom. The average molecular weight is 253 g/mol. The molecule has 3 N–H and O–H groups in total. The summed E-state index contributed by atoms with van der Waals surface area (Å²) in [5, 5.41) is 19.8. The van der Waals surface area contributed by atoms with Gasteiger partial charge in [-0.25, -0.2) is 0 Å². The van der Waals surface area contributed by atoms with Crippen molar-refractivity contribution in [3.8, 4) is 0 Å². The number of aliphatic hydroxyl groups is 1. The molecule has 104 valence electrons. The van der Waals surface area contributed by atoms with Crippen molar-refractivity contribution >= 4 is 0 Å².